The summed E-state index contributed by atoms with van der Waals surface area (Å²) in [5, 5.41) is 10.2. The van der Waals surface area contributed by atoms with E-state index >= 15 is 0 Å². The molecule has 1 aromatic heterocycles. The van der Waals surface area contributed by atoms with Crippen molar-refractivity contribution in [3.63, 3.8) is 0 Å². The summed E-state index contributed by atoms with van der Waals surface area (Å²) in [5.74, 6) is -0.117. The molecule has 1 fully saturated rings. The smallest absolute Gasteiger partial charge is 0.242 e. The van der Waals surface area contributed by atoms with E-state index in [1.807, 2.05) is 0 Å². The van der Waals surface area contributed by atoms with E-state index in [9.17, 15) is 9.59 Å². The molecule has 0 radical (unpaired) electrons. The Morgan fingerprint density at radius 2 is 2.47 bits per heavy atom. The summed E-state index contributed by atoms with van der Waals surface area (Å²) in [6.45, 7) is 3.33. The average Bonchev–Trinajstić information content (AvgIpc) is 2.82. The predicted molar refractivity (Wildman–Crippen MR) is 58.8 cm³/mol. The first-order valence-corrected chi connectivity index (χ1v) is 5.60. The Morgan fingerprint density at radius 1 is 1.65 bits per heavy atom. The first kappa shape index (κ1) is 11.6. The minimum Gasteiger partial charge on any atom is -0.353 e. The molecule has 2 heterocycles. The molecule has 1 aromatic rings. The van der Waals surface area contributed by atoms with Crippen molar-refractivity contribution in [2.24, 2.45) is 0 Å². The second-order valence-electron chi connectivity index (χ2n) is 3.97. The molecule has 1 N–H and O–H groups in total. The minimum absolute atomic E-state index is 0.0251. The highest BCUT2D eigenvalue weighted by Gasteiger charge is 2.28. The van der Waals surface area contributed by atoms with Crippen LogP contribution in [0.5, 0.6) is 0 Å². The maximum Gasteiger partial charge on any atom is 0.242 e. The van der Waals surface area contributed by atoms with Gasteiger partial charge in [-0.3, -0.25) is 14.3 Å². The maximum atomic E-state index is 11.9. The van der Waals surface area contributed by atoms with Gasteiger partial charge in [-0.2, -0.15) is 0 Å². The molecule has 1 atom stereocenters. The number of carbonyl (C=O) groups is 2. The molecule has 1 unspecified atom stereocenters. The highest BCUT2D eigenvalue weighted by Crippen LogP contribution is 2.06. The fourth-order valence-electron chi connectivity index (χ4n) is 1.83. The van der Waals surface area contributed by atoms with E-state index in [-0.39, 0.29) is 17.9 Å². The summed E-state index contributed by atoms with van der Waals surface area (Å²) in [7, 11) is 0. The van der Waals surface area contributed by atoms with Gasteiger partial charge in [0.05, 0.1) is 12.7 Å². The number of amides is 2. The van der Waals surface area contributed by atoms with Crippen LogP contribution in [0.4, 0.5) is 0 Å². The summed E-state index contributed by atoms with van der Waals surface area (Å²) in [5.41, 5.74) is 0. The topological polar surface area (TPSA) is 80.1 Å². The summed E-state index contributed by atoms with van der Waals surface area (Å²) in [6, 6.07) is -0.382. The zero-order valence-electron chi connectivity index (χ0n) is 9.67. The summed E-state index contributed by atoms with van der Waals surface area (Å²) in [4.78, 5) is 24.9. The second kappa shape index (κ2) is 4.94. The van der Waals surface area contributed by atoms with E-state index in [0.29, 0.717) is 26.1 Å². The molecule has 2 amide bonds. The average molecular weight is 237 g/mol. The molecule has 2 rings (SSSR count). The molecule has 0 aliphatic carbocycles. The van der Waals surface area contributed by atoms with Crippen molar-refractivity contribution in [3.8, 4) is 0 Å². The normalized spacial score (nSPS) is 20.2. The maximum absolute atomic E-state index is 11.9. The number of carbonyl (C=O) groups excluding carboxylic acids is 2. The van der Waals surface area contributed by atoms with Gasteiger partial charge in [0.15, 0.2) is 0 Å². The second-order valence-corrected chi connectivity index (χ2v) is 3.97. The summed E-state index contributed by atoms with van der Waals surface area (Å²) < 4.78 is 1.60. The molecule has 1 aliphatic heterocycles. The van der Waals surface area contributed by atoms with Crippen LogP contribution in [-0.2, 0) is 16.1 Å². The molecule has 7 heteroatoms. The van der Waals surface area contributed by atoms with Crippen molar-refractivity contribution in [1.29, 1.82) is 0 Å². The van der Waals surface area contributed by atoms with E-state index in [4.69, 9.17) is 0 Å². The molecular formula is C10H15N5O2. The van der Waals surface area contributed by atoms with Gasteiger partial charge >= 0.3 is 0 Å². The first-order chi connectivity index (χ1) is 8.18. The van der Waals surface area contributed by atoms with Crippen molar-refractivity contribution in [3.05, 3.63) is 12.4 Å². The van der Waals surface area contributed by atoms with Gasteiger partial charge in [0.25, 0.3) is 0 Å². The van der Waals surface area contributed by atoms with Gasteiger partial charge in [-0.25, -0.2) is 0 Å². The van der Waals surface area contributed by atoms with E-state index in [0.717, 1.165) is 0 Å². The fraction of sp³-hybridized carbons (Fsp3) is 0.600. The lowest BCUT2D eigenvalue weighted by Gasteiger charge is -2.32. The van der Waals surface area contributed by atoms with Crippen LogP contribution >= 0.6 is 0 Å². The summed E-state index contributed by atoms with van der Waals surface area (Å²) >= 11 is 0. The van der Waals surface area contributed by atoms with Crippen LogP contribution in [0.3, 0.4) is 0 Å². The molecule has 0 spiro atoms. The number of hydrogen-bond acceptors (Lipinski definition) is 4. The standard InChI is InChI=1S/C10H15N5O2/c1-8-10(17)11-3-7-15(8)9(16)2-5-14-6-4-12-13-14/h4,6,8H,2-3,5,7H2,1H3,(H,11,17). The Bertz CT molecular complexity index is 403. The lowest BCUT2D eigenvalue weighted by Crippen LogP contribution is -2.55. The molecule has 1 aliphatic rings. The third-order valence-electron chi connectivity index (χ3n) is 2.85. The fourth-order valence-corrected chi connectivity index (χ4v) is 1.83. The van der Waals surface area contributed by atoms with Crippen LogP contribution in [0.15, 0.2) is 12.4 Å². The van der Waals surface area contributed by atoms with E-state index in [1.54, 1.807) is 28.9 Å². The SMILES string of the molecule is CC1C(=O)NCCN1C(=O)CCn1ccnn1. The van der Waals surface area contributed by atoms with Crippen molar-refractivity contribution in [2.45, 2.75) is 25.9 Å². The number of piperazine rings is 1. The van der Waals surface area contributed by atoms with Crippen LogP contribution < -0.4 is 5.32 Å². The largest absolute Gasteiger partial charge is 0.353 e. The molecule has 0 bridgehead atoms. The molecule has 0 saturated carbocycles. The molecule has 0 aromatic carbocycles. The highest BCUT2D eigenvalue weighted by molar-refractivity contribution is 5.88. The van der Waals surface area contributed by atoms with Gasteiger partial charge in [0, 0.05) is 25.7 Å². The van der Waals surface area contributed by atoms with Gasteiger partial charge in [0.2, 0.25) is 11.8 Å². The van der Waals surface area contributed by atoms with Crippen molar-refractivity contribution >= 4 is 11.8 Å². The van der Waals surface area contributed by atoms with Gasteiger partial charge in [-0.1, -0.05) is 5.21 Å². The summed E-state index contributed by atoms with van der Waals surface area (Å²) in [6.07, 6.45) is 3.61. The van der Waals surface area contributed by atoms with Crippen molar-refractivity contribution < 1.29 is 9.59 Å². The Morgan fingerprint density at radius 3 is 3.18 bits per heavy atom. The zero-order valence-corrected chi connectivity index (χ0v) is 9.67. The molecule has 1 saturated heterocycles. The zero-order chi connectivity index (χ0) is 12.3. The van der Waals surface area contributed by atoms with Gasteiger partial charge < -0.3 is 10.2 Å². The number of hydrogen-bond donors (Lipinski definition) is 1. The van der Waals surface area contributed by atoms with Crippen molar-refractivity contribution in [1.82, 2.24) is 25.2 Å². The van der Waals surface area contributed by atoms with Crippen LogP contribution in [0.1, 0.15) is 13.3 Å². The highest BCUT2D eigenvalue weighted by atomic mass is 16.2. The van der Waals surface area contributed by atoms with Gasteiger partial charge in [-0.05, 0) is 6.92 Å². The van der Waals surface area contributed by atoms with Gasteiger partial charge in [0.1, 0.15) is 6.04 Å². The van der Waals surface area contributed by atoms with Crippen LogP contribution in [0.25, 0.3) is 0 Å². The van der Waals surface area contributed by atoms with E-state index in [1.165, 1.54) is 0 Å². The number of rotatable bonds is 3. The third kappa shape index (κ3) is 2.61. The van der Waals surface area contributed by atoms with Crippen LogP contribution in [-0.4, -0.2) is 50.8 Å². The number of nitrogens with one attached hydrogen (secondary N) is 1. The van der Waals surface area contributed by atoms with Crippen molar-refractivity contribution in [2.75, 3.05) is 13.1 Å². The predicted octanol–water partition coefficient (Wildman–Crippen LogP) is -0.985. The Kier molecular flexibility index (Phi) is 3.36. The first-order valence-electron chi connectivity index (χ1n) is 5.60. The van der Waals surface area contributed by atoms with Gasteiger partial charge in [-0.15, -0.1) is 5.10 Å². The Labute approximate surface area is 98.8 Å². The molecule has 7 nitrogen and oxygen atoms in total. The minimum atomic E-state index is -0.382. The van der Waals surface area contributed by atoms with E-state index in [2.05, 4.69) is 15.6 Å². The Balaban J connectivity index is 1.88. The van der Waals surface area contributed by atoms with Crippen LogP contribution in [0.2, 0.25) is 0 Å². The third-order valence-corrected chi connectivity index (χ3v) is 2.85. The van der Waals surface area contributed by atoms with E-state index < -0.39 is 0 Å². The quantitative estimate of drug-likeness (QED) is 0.732. The lowest BCUT2D eigenvalue weighted by atomic mass is 10.2. The number of aryl methyl sites for hydroxylation is 1. The molecule has 92 valence electrons. The Hall–Kier alpha value is -1.92. The lowest BCUT2D eigenvalue weighted by molar-refractivity contribution is -0.142. The number of nitrogens with zero attached hydrogens (tertiary/aromatic N) is 4. The molecule has 17 heavy (non-hydrogen) atoms. The van der Waals surface area contributed by atoms with Crippen LogP contribution in [0, 0.1) is 0 Å². The number of aromatic nitrogens is 3. The monoisotopic (exact) mass is 237 g/mol. The molecular weight excluding hydrogens is 222 g/mol.